The molecule has 0 bridgehead atoms. The lowest BCUT2D eigenvalue weighted by Crippen LogP contribution is -2.25. The Bertz CT molecular complexity index is 1510. The van der Waals surface area contributed by atoms with Crippen LogP contribution in [0.3, 0.4) is 0 Å². The molecule has 6 rings (SSSR count). The van der Waals surface area contributed by atoms with Crippen molar-refractivity contribution in [1.82, 2.24) is 4.90 Å². The maximum atomic E-state index is 13.5. The number of ether oxygens (including phenoxy) is 1. The minimum absolute atomic E-state index is 0.225. The Morgan fingerprint density at radius 3 is 2.46 bits per heavy atom. The standard InChI is InChI=1S/C34H37NO4/c1-23-8-2-5-11-27(23)33-30(20-24-12-14-26(15-13-24)38-19-18-35-16-6-7-17-35)29-21-28(25-9-3-4-10-25)31(36)22-32(29)39-34(33)37/h2,5,8,11-15,21-22,25,36H,3-4,6-7,9-10,16-20H2,1H3. The van der Waals surface area contributed by atoms with Gasteiger partial charge in [0.05, 0.1) is 5.56 Å². The van der Waals surface area contributed by atoms with Crippen molar-refractivity contribution < 1.29 is 14.3 Å². The fourth-order valence-corrected chi connectivity index (χ4v) is 6.39. The Kier molecular flexibility index (Phi) is 7.43. The van der Waals surface area contributed by atoms with E-state index in [0.717, 1.165) is 58.3 Å². The number of nitrogens with zero attached hydrogens (tertiary/aromatic N) is 1. The Morgan fingerprint density at radius 2 is 1.72 bits per heavy atom. The summed E-state index contributed by atoms with van der Waals surface area (Å²) in [5.41, 5.74) is 5.59. The van der Waals surface area contributed by atoms with Gasteiger partial charge in [0.15, 0.2) is 0 Å². The molecule has 1 aliphatic heterocycles. The molecule has 5 heteroatoms. The first kappa shape index (κ1) is 25.7. The van der Waals surface area contributed by atoms with Gasteiger partial charge >= 0.3 is 5.63 Å². The van der Waals surface area contributed by atoms with Crippen LogP contribution in [0.4, 0.5) is 0 Å². The van der Waals surface area contributed by atoms with E-state index >= 15 is 0 Å². The lowest BCUT2D eigenvalue weighted by Gasteiger charge is -2.17. The number of phenols is 1. The number of phenolic OH excluding ortho intramolecular Hbond substituents is 1. The number of aromatic hydroxyl groups is 1. The Balaban J connectivity index is 1.37. The number of hydrogen-bond acceptors (Lipinski definition) is 5. The van der Waals surface area contributed by atoms with Gasteiger partial charge in [-0.05, 0) is 104 Å². The van der Waals surface area contributed by atoms with Crippen LogP contribution >= 0.6 is 0 Å². The van der Waals surface area contributed by atoms with Crippen LogP contribution in [0.15, 0.2) is 69.9 Å². The average Bonchev–Trinajstić information content (AvgIpc) is 3.65. The van der Waals surface area contributed by atoms with E-state index in [1.165, 1.54) is 38.8 Å². The zero-order valence-corrected chi connectivity index (χ0v) is 22.7. The lowest BCUT2D eigenvalue weighted by molar-refractivity contribution is 0.238. The highest BCUT2D eigenvalue weighted by Gasteiger charge is 2.24. The monoisotopic (exact) mass is 523 g/mol. The predicted molar refractivity (Wildman–Crippen MR) is 156 cm³/mol. The van der Waals surface area contributed by atoms with E-state index in [2.05, 4.69) is 23.1 Å². The molecule has 2 heterocycles. The van der Waals surface area contributed by atoms with Crippen molar-refractivity contribution in [3.05, 3.63) is 93.3 Å². The van der Waals surface area contributed by atoms with Crippen molar-refractivity contribution in [2.24, 2.45) is 0 Å². The molecule has 0 amide bonds. The third kappa shape index (κ3) is 5.46. The molecule has 202 valence electrons. The lowest BCUT2D eigenvalue weighted by atomic mass is 9.89. The Morgan fingerprint density at radius 1 is 0.974 bits per heavy atom. The molecule has 39 heavy (non-hydrogen) atoms. The van der Waals surface area contributed by atoms with E-state index in [1.807, 2.05) is 43.3 Å². The maximum Gasteiger partial charge on any atom is 0.344 e. The van der Waals surface area contributed by atoms with Crippen LogP contribution in [0.25, 0.3) is 22.1 Å². The van der Waals surface area contributed by atoms with Crippen molar-refractivity contribution in [3.8, 4) is 22.6 Å². The molecule has 0 unspecified atom stereocenters. The second-order valence-corrected chi connectivity index (χ2v) is 11.2. The summed E-state index contributed by atoms with van der Waals surface area (Å²) in [7, 11) is 0. The van der Waals surface area contributed by atoms with Crippen molar-refractivity contribution in [2.45, 2.75) is 57.8 Å². The van der Waals surface area contributed by atoms with Crippen LogP contribution in [-0.4, -0.2) is 36.2 Å². The van der Waals surface area contributed by atoms with Gasteiger partial charge in [0.25, 0.3) is 0 Å². The molecule has 3 aromatic carbocycles. The summed E-state index contributed by atoms with van der Waals surface area (Å²) < 4.78 is 11.9. The summed E-state index contributed by atoms with van der Waals surface area (Å²) in [4.78, 5) is 15.9. The molecule has 5 nitrogen and oxygen atoms in total. The minimum atomic E-state index is -0.373. The van der Waals surface area contributed by atoms with Crippen LogP contribution in [0, 0.1) is 6.92 Å². The molecule has 2 aliphatic rings. The van der Waals surface area contributed by atoms with Crippen molar-refractivity contribution in [3.63, 3.8) is 0 Å². The van der Waals surface area contributed by atoms with E-state index < -0.39 is 0 Å². The summed E-state index contributed by atoms with van der Waals surface area (Å²) in [6.45, 7) is 6.02. The largest absolute Gasteiger partial charge is 0.508 e. The molecule has 0 atom stereocenters. The molecule has 1 aromatic heterocycles. The van der Waals surface area contributed by atoms with Gasteiger partial charge in [-0.1, -0.05) is 49.2 Å². The number of likely N-dealkylation sites (tertiary alicyclic amines) is 1. The van der Waals surface area contributed by atoms with Crippen LogP contribution in [0.5, 0.6) is 11.5 Å². The van der Waals surface area contributed by atoms with Gasteiger partial charge in [-0.25, -0.2) is 4.79 Å². The van der Waals surface area contributed by atoms with Gasteiger partial charge in [0, 0.05) is 18.0 Å². The first-order chi connectivity index (χ1) is 19.1. The number of fused-ring (bicyclic) bond motifs is 1. The van der Waals surface area contributed by atoms with Gasteiger partial charge in [0.1, 0.15) is 23.7 Å². The fraction of sp³-hybridized carbons (Fsp3) is 0.382. The highest BCUT2D eigenvalue weighted by atomic mass is 16.5. The molecule has 1 saturated heterocycles. The number of rotatable bonds is 8. The Hall–Kier alpha value is -3.57. The van der Waals surface area contributed by atoms with E-state index in [0.29, 0.717) is 30.1 Å². The van der Waals surface area contributed by atoms with E-state index in [4.69, 9.17) is 9.15 Å². The van der Waals surface area contributed by atoms with Gasteiger partial charge in [-0.2, -0.15) is 0 Å². The highest BCUT2D eigenvalue weighted by Crippen LogP contribution is 2.42. The quantitative estimate of drug-likeness (QED) is 0.248. The topological polar surface area (TPSA) is 62.9 Å². The molecule has 1 saturated carbocycles. The summed E-state index contributed by atoms with van der Waals surface area (Å²) in [6.07, 6.45) is 7.67. The third-order valence-electron chi connectivity index (χ3n) is 8.55. The van der Waals surface area contributed by atoms with Gasteiger partial charge in [-0.15, -0.1) is 0 Å². The number of hydrogen-bond donors (Lipinski definition) is 1. The van der Waals surface area contributed by atoms with Gasteiger partial charge in [0.2, 0.25) is 0 Å². The van der Waals surface area contributed by atoms with E-state index in [-0.39, 0.29) is 11.4 Å². The predicted octanol–water partition coefficient (Wildman–Crippen LogP) is 7.20. The molecule has 1 N–H and O–H groups in total. The maximum absolute atomic E-state index is 13.5. The zero-order chi connectivity index (χ0) is 26.8. The first-order valence-electron chi connectivity index (χ1n) is 14.4. The van der Waals surface area contributed by atoms with Gasteiger partial charge in [-0.3, -0.25) is 4.90 Å². The molecule has 1 aliphatic carbocycles. The van der Waals surface area contributed by atoms with Crippen LogP contribution in [-0.2, 0) is 6.42 Å². The van der Waals surface area contributed by atoms with E-state index in [9.17, 15) is 9.90 Å². The van der Waals surface area contributed by atoms with E-state index in [1.54, 1.807) is 6.07 Å². The third-order valence-corrected chi connectivity index (χ3v) is 8.55. The normalized spacial score (nSPS) is 16.3. The molecule has 2 fully saturated rings. The summed E-state index contributed by atoms with van der Waals surface area (Å²) in [6, 6.07) is 19.9. The van der Waals surface area contributed by atoms with Crippen LogP contribution in [0.2, 0.25) is 0 Å². The SMILES string of the molecule is Cc1ccccc1-c1c(Cc2ccc(OCCN3CCCC3)cc2)c2cc(C3CCCC3)c(O)cc2oc1=O. The molecule has 4 aromatic rings. The summed E-state index contributed by atoms with van der Waals surface area (Å²) in [5.74, 6) is 1.43. The smallest absolute Gasteiger partial charge is 0.344 e. The van der Waals surface area contributed by atoms with Crippen molar-refractivity contribution in [2.75, 3.05) is 26.2 Å². The fourth-order valence-electron chi connectivity index (χ4n) is 6.39. The van der Waals surface area contributed by atoms with Crippen molar-refractivity contribution >= 4 is 11.0 Å². The first-order valence-corrected chi connectivity index (χ1v) is 14.4. The zero-order valence-electron chi connectivity index (χ0n) is 22.7. The highest BCUT2D eigenvalue weighted by molar-refractivity contribution is 5.89. The second-order valence-electron chi connectivity index (χ2n) is 11.2. The van der Waals surface area contributed by atoms with Crippen LogP contribution in [0.1, 0.15) is 66.7 Å². The van der Waals surface area contributed by atoms with Crippen molar-refractivity contribution in [1.29, 1.82) is 0 Å². The number of benzene rings is 3. The molecule has 0 radical (unpaired) electrons. The summed E-state index contributed by atoms with van der Waals surface area (Å²) >= 11 is 0. The second kappa shape index (κ2) is 11.3. The number of aryl methyl sites for hydroxylation is 1. The minimum Gasteiger partial charge on any atom is -0.508 e. The average molecular weight is 524 g/mol. The molecular weight excluding hydrogens is 486 g/mol. The molecular formula is C34H37NO4. The summed E-state index contributed by atoms with van der Waals surface area (Å²) in [5, 5.41) is 11.8. The Labute approximate surface area is 230 Å². The van der Waals surface area contributed by atoms with Crippen LogP contribution < -0.4 is 10.4 Å². The molecule has 0 spiro atoms. The van der Waals surface area contributed by atoms with Gasteiger partial charge < -0.3 is 14.3 Å².